The molecule has 0 radical (unpaired) electrons. The fourth-order valence-electron chi connectivity index (χ4n) is 4.96. The number of rotatable bonds is 6. The van der Waals surface area contributed by atoms with Crippen LogP contribution in [0.25, 0.3) is 6.08 Å². The lowest BCUT2D eigenvalue weighted by Gasteiger charge is -2.26. The monoisotopic (exact) mass is 462 g/mol. The third-order valence-electron chi connectivity index (χ3n) is 6.51. The molecule has 7 nitrogen and oxygen atoms in total. The summed E-state index contributed by atoms with van der Waals surface area (Å²) in [5.74, 6) is -0.337. The molecule has 34 heavy (non-hydrogen) atoms. The molecule has 2 aliphatic rings. The van der Waals surface area contributed by atoms with Gasteiger partial charge in [-0.15, -0.1) is 0 Å². The van der Waals surface area contributed by atoms with Gasteiger partial charge in [0.15, 0.2) is 0 Å². The highest BCUT2D eigenvalue weighted by Crippen LogP contribution is 2.41. The molecular weight excluding hydrogens is 432 g/mol. The summed E-state index contributed by atoms with van der Waals surface area (Å²) in [6.45, 7) is 7.81. The fraction of sp³-hybridized carbons (Fsp3) is 0.370. The molecule has 7 heteroatoms. The highest BCUT2D eigenvalue weighted by atomic mass is 16.6. The van der Waals surface area contributed by atoms with Crippen molar-refractivity contribution in [2.45, 2.75) is 51.4 Å². The number of nitrogens with zero attached hydrogens (tertiary/aromatic N) is 2. The Balaban J connectivity index is 1.53. The first-order chi connectivity index (χ1) is 16.4. The number of benzene rings is 2. The van der Waals surface area contributed by atoms with E-state index in [2.05, 4.69) is 12.6 Å². The van der Waals surface area contributed by atoms with Gasteiger partial charge in [0, 0.05) is 44.5 Å². The van der Waals surface area contributed by atoms with E-state index in [0.717, 1.165) is 22.4 Å². The minimum atomic E-state index is -0.426. The molecule has 0 aliphatic carbocycles. The molecule has 0 N–H and O–H groups in total. The van der Waals surface area contributed by atoms with Gasteiger partial charge in [-0.2, -0.15) is 0 Å². The van der Waals surface area contributed by atoms with E-state index in [4.69, 9.17) is 9.47 Å². The zero-order chi connectivity index (χ0) is 24.2. The number of carbonyl (C=O) groups is 3. The molecule has 2 aromatic rings. The van der Waals surface area contributed by atoms with Crippen molar-refractivity contribution >= 4 is 29.7 Å². The Kier molecular flexibility index (Phi) is 7.01. The predicted octanol–water partition coefficient (Wildman–Crippen LogP) is 4.51. The molecule has 0 spiro atoms. The molecule has 1 saturated heterocycles. The second kappa shape index (κ2) is 10.1. The molecule has 0 unspecified atom stereocenters. The first-order valence-corrected chi connectivity index (χ1v) is 11.5. The molecule has 2 amide bonds. The van der Waals surface area contributed by atoms with E-state index in [1.807, 2.05) is 42.5 Å². The van der Waals surface area contributed by atoms with Crippen molar-refractivity contribution in [3.05, 3.63) is 71.8 Å². The van der Waals surface area contributed by atoms with Crippen molar-refractivity contribution < 1.29 is 23.9 Å². The van der Waals surface area contributed by atoms with Crippen LogP contribution in [-0.2, 0) is 25.7 Å². The molecule has 178 valence electrons. The van der Waals surface area contributed by atoms with Gasteiger partial charge in [0.05, 0.1) is 6.54 Å². The number of likely N-dealkylation sites (tertiary alicyclic amines) is 1. The fourth-order valence-corrected chi connectivity index (χ4v) is 4.96. The highest BCUT2D eigenvalue weighted by molar-refractivity contribution is 5.94. The second-order valence-electron chi connectivity index (χ2n) is 8.90. The van der Waals surface area contributed by atoms with E-state index in [0.29, 0.717) is 25.9 Å². The predicted molar refractivity (Wildman–Crippen MR) is 129 cm³/mol. The molecule has 1 fully saturated rings. The Morgan fingerprint density at radius 1 is 1.09 bits per heavy atom. The van der Waals surface area contributed by atoms with Gasteiger partial charge in [-0.25, -0.2) is 4.79 Å². The first-order valence-electron chi connectivity index (χ1n) is 11.5. The number of carbonyl (C=O) groups excluding carboxylic acids is 3. The average molecular weight is 463 g/mol. The minimum absolute atomic E-state index is 0.0153. The maximum Gasteiger partial charge on any atom is 0.410 e. The quantitative estimate of drug-likeness (QED) is 0.591. The summed E-state index contributed by atoms with van der Waals surface area (Å²) in [5.41, 5.74) is 3.86. The summed E-state index contributed by atoms with van der Waals surface area (Å²) in [7, 11) is 0. The van der Waals surface area contributed by atoms with Crippen molar-refractivity contribution in [3.8, 4) is 0 Å². The van der Waals surface area contributed by atoms with E-state index in [1.54, 1.807) is 22.8 Å². The Hall–Kier alpha value is -3.61. The zero-order valence-electron chi connectivity index (χ0n) is 19.6. The molecule has 0 aromatic heterocycles. The van der Waals surface area contributed by atoms with Gasteiger partial charge < -0.3 is 19.3 Å². The van der Waals surface area contributed by atoms with Crippen LogP contribution in [0, 0.1) is 0 Å². The first kappa shape index (κ1) is 23.5. The number of fused-ring (bicyclic) bond motifs is 1. The summed E-state index contributed by atoms with van der Waals surface area (Å²) in [5, 5.41) is 0. The Morgan fingerprint density at radius 2 is 1.85 bits per heavy atom. The SMILES string of the molecule is C=Cc1ccc2c(c1)[C@@H](C[C@@H]1C[C@H](OC(C)=O)CN1C(=O)OCc1ccccc1)CN2C(C)=O. The number of hydrogen-bond donors (Lipinski definition) is 0. The van der Waals surface area contributed by atoms with Crippen molar-refractivity contribution in [1.82, 2.24) is 4.90 Å². The van der Waals surface area contributed by atoms with E-state index in [1.165, 1.54) is 6.92 Å². The van der Waals surface area contributed by atoms with Crippen LogP contribution in [0.5, 0.6) is 0 Å². The molecule has 3 atom stereocenters. The van der Waals surface area contributed by atoms with Crippen LogP contribution in [0.3, 0.4) is 0 Å². The number of anilines is 1. The summed E-state index contributed by atoms with van der Waals surface area (Å²) in [6.07, 6.45) is 2.15. The molecular formula is C27H30N2O5. The topological polar surface area (TPSA) is 76.2 Å². The van der Waals surface area contributed by atoms with E-state index >= 15 is 0 Å². The Labute approximate surface area is 199 Å². The lowest BCUT2D eigenvalue weighted by Crippen LogP contribution is -2.38. The Bertz CT molecular complexity index is 1080. The molecule has 2 aliphatic heterocycles. The summed E-state index contributed by atoms with van der Waals surface area (Å²) in [6, 6.07) is 15.3. The van der Waals surface area contributed by atoms with E-state index in [9.17, 15) is 14.4 Å². The smallest absolute Gasteiger partial charge is 0.410 e. The Morgan fingerprint density at radius 3 is 2.53 bits per heavy atom. The number of amides is 2. The number of ether oxygens (including phenoxy) is 2. The van der Waals surface area contributed by atoms with Crippen molar-refractivity contribution in [2.75, 3.05) is 18.0 Å². The largest absolute Gasteiger partial charge is 0.461 e. The maximum absolute atomic E-state index is 13.0. The van der Waals surface area contributed by atoms with Gasteiger partial charge in [0.2, 0.25) is 5.91 Å². The minimum Gasteiger partial charge on any atom is -0.461 e. The molecule has 0 bridgehead atoms. The number of esters is 1. The molecule has 4 rings (SSSR count). The lowest BCUT2D eigenvalue weighted by atomic mass is 9.91. The van der Waals surface area contributed by atoms with Gasteiger partial charge in [-0.3, -0.25) is 9.59 Å². The average Bonchev–Trinajstić information content (AvgIpc) is 3.38. The van der Waals surface area contributed by atoms with Gasteiger partial charge in [-0.05, 0) is 35.2 Å². The molecule has 0 saturated carbocycles. The summed E-state index contributed by atoms with van der Waals surface area (Å²) < 4.78 is 11.0. The van der Waals surface area contributed by atoms with E-state index < -0.39 is 6.09 Å². The summed E-state index contributed by atoms with van der Waals surface area (Å²) in [4.78, 5) is 40.3. The van der Waals surface area contributed by atoms with Crippen LogP contribution < -0.4 is 4.90 Å². The van der Waals surface area contributed by atoms with Gasteiger partial charge in [-0.1, -0.05) is 49.1 Å². The van der Waals surface area contributed by atoms with Crippen LogP contribution in [-0.4, -0.2) is 48.1 Å². The van der Waals surface area contributed by atoms with Crippen LogP contribution in [0.1, 0.15) is 49.3 Å². The second-order valence-corrected chi connectivity index (χ2v) is 8.90. The van der Waals surface area contributed by atoms with Crippen molar-refractivity contribution in [2.24, 2.45) is 0 Å². The van der Waals surface area contributed by atoms with Crippen LogP contribution in [0.15, 0.2) is 55.1 Å². The van der Waals surface area contributed by atoms with Crippen molar-refractivity contribution in [1.29, 1.82) is 0 Å². The van der Waals surface area contributed by atoms with E-state index in [-0.39, 0.29) is 36.5 Å². The van der Waals surface area contributed by atoms with Gasteiger partial charge >= 0.3 is 12.1 Å². The van der Waals surface area contributed by atoms with Crippen molar-refractivity contribution in [3.63, 3.8) is 0 Å². The van der Waals surface area contributed by atoms with Crippen LogP contribution >= 0.6 is 0 Å². The zero-order valence-corrected chi connectivity index (χ0v) is 19.6. The summed E-state index contributed by atoms with van der Waals surface area (Å²) >= 11 is 0. The van der Waals surface area contributed by atoms with Crippen LogP contribution in [0.4, 0.5) is 10.5 Å². The lowest BCUT2D eigenvalue weighted by molar-refractivity contribution is -0.145. The molecule has 2 aromatic carbocycles. The van der Waals surface area contributed by atoms with Crippen LogP contribution in [0.2, 0.25) is 0 Å². The third kappa shape index (κ3) is 5.14. The van der Waals surface area contributed by atoms with Gasteiger partial charge in [0.25, 0.3) is 0 Å². The van der Waals surface area contributed by atoms with Gasteiger partial charge in [0.1, 0.15) is 12.7 Å². The highest BCUT2D eigenvalue weighted by Gasteiger charge is 2.41. The third-order valence-corrected chi connectivity index (χ3v) is 6.51. The standard InChI is InChI=1S/C27H30N2O5/c1-4-20-10-11-26-25(12-20)22(15-28(26)18(2)30)13-23-14-24(34-19(3)31)16-29(23)27(32)33-17-21-8-6-5-7-9-21/h4-12,22-24H,1,13-17H2,2-3H3/t22-,23+,24-/m0/s1. The number of hydrogen-bond acceptors (Lipinski definition) is 5. The normalized spacial score (nSPS) is 21.2. The maximum atomic E-state index is 13.0. The molecule has 2 heterocycles.